The lowest BCUT2D eigenvalue weighted by Crippen LogP contribution is -2.01. The van der Waals surface area contributed by atoms with Crippen molar-refractivity contribution >= 4 is 11.6 Å². The van der Waals surface area contributed by atoms with Gasteiger partial charge in [0.2, 0.25) is 0 Å². The lowest BCUT2D eigenvalue weighted by atomic mass is 10.1. The van der Waals surface area contributed by atoms with Crippen molar-refractivity contribution in [2.75, 3.05) is 0 Å². The Kier molecular flexibility index (Phi) is 3.04. The van der Waals surface area contributed by atoms with Crippen molar-refractivity contribution in [2.24, 2.45) is 5.92 Å². The van der Waals surface area contributed by atoms with Crippen LogP contribution >= 0.6 is 11.6 Å². The number of rotatable bonds is 2. The minimum Gasteiger partial charge on any atom is -0.154 e. The summed E-state index contributed by atoms with van der Waals surface area (Å²) in [5.74, 6) is 0.360. The zero-order valence-corrected chi connectivity index (χ0v) is 8.10. The highest BCUT2D eigenvalue weighted by molar-refractivity contribution is 6.29. The van der Waals surface area contributed by atoms with E-state index in [-0.39, 0.29) is 0 Å². The Morgan fingerprint density at radius 3 is 2.75 bits per heavy atom. The van der Waals surface area contributed by atoms with E-state index in [9.17, 15) is 0 Å². The van der Waals surface area contributed by atoms with Crippen LogP contribution in [0.2, 0.25) is 5.15 Å². The number of aryl methyl sites for hydroxylation is 1. The van der Waals surface area contributed by atoms with E-state index in [4.69, 9.17) is 11.6 Å². The normalized spacial score (nSPS) is 10.8. The summed E-state index contributed by atoms with van der Waals surface area (Å²) in [5.41, 5.74) is 2.08. The average molecular weight is 184 g/mol. The Bertz CT molecular complexity index is 271. The zero-order chi connectivity index (χ0) is 9.14. The quantitative estimate of drug-likeness (QED) is 0.704. The van der Waals surface area contributed by atoms with E-state index in [1.54, 1.807) is 0 Å². The highest BCUT2D eigenvalue weighted by atomic mass is 35.5. The van der Waals surface area contributed by atoms with Gasteiger partial charge in [-0.1, -0.05) is 25.4 Å². The Labute approximate surface area is 78.0 Å². The first-order valence-corrected chi connectivity index (χ1v) is 4.29. The molecule has 12 heavy (non-hydrogen) atoms. The van der Waals surface area contributed by atoms with Gasteiger partial charge in [-0.05, 0) is 30.9 Å². The molecule has 0 amide bonds. The van der Waals surface area contributed by atoms with Crippen molar-refractivity contribution < 1.29 is 0 Å². The molecule has 0 bridgehead atoms. The van der Waals surface area contributed by atoms with E-state index in [0.29, 0.717) is 11.1 Å². The molecule has 1 aromatic rings. The van der Waals surface area contributed by atoms with Crippen molar-refractivity contribution in [2.45, 2.75) is 20.3 Å². The lowest BCUT2D eigenvalue weighted by Gasteiger charge is -2.05. The zero-order valence-electron chi connectivity index (χ0n) is 7.34. The molecule has 0 fully saturated rings. The second-order valence-corrected chi connectivity index (χ2v) is 3.49. The van der Waals surface area contributed by atoms with Crippen LogP contribution in [-0.2, 0) is 6.42 Å². The third-order valence-corrected chi connectivity index (χ3v) is 1.78. The molecule has 0 aliphatic heterocycles. The molecule has 65 valence electrons. The number of halogens is 1. The first kappa shape index (κ1) is 9.46. The van der Waals surface area contributed by atoms with E-state index in [0.717, 1.165) is 17.7 Å². The van der Waals surface area contributed by atoms with Crippen LogP contribution in [-0.4, -0.2) is 10.2 Å². The van der Waals surface area contributed by atoms with Crippen molar-refractivity contribution in [1.82, 2.24) is 10.2 Å². The summed E-state index contributed by atoms with van der Waals surface area (Å²) in [6.07, 6.45) is 0.857. The predicted octanol–water partition coefficient (Wildman–Crippen LogP) is 2.45. The van der Waals surface area contributed by atoms with E-state index in [1.165, 1.54) is 0 Å². The summed E-state index contributed by atoms with van der Waals surface area (Å²) in [6.45, 7) is 7.93. The molecule has 1 aromatic heterocycles. The standard InChI is InChI=1S/C9H12ClN2/c1-6(2)4-8-7(3)5-9(10)12-11-8/h5-6H,1,4H2,2-3H3. The molecule has 1 heterocycles. The Morgan fingerprint density at radius 1 is 1.58 bits per heavy atom. The maximum atomic E-state index is 5.66. The minimum absolute atomic E-state index is 0.360. The molecular formula is C9H12ClN2. The molecule has 1 rings (SSSR count). The van der Waals surface area contributed by atoms with Crippen LogP contribution in [0, 0.1) is 19.8 Å². The van der Waals surface area contributed by atoms with Gasteiger partial charge < -0.3 is 0 Å². The van der Waals surface area contributed by atoms with Crippen LogP contribution in [0.15, 0.2) is 6.07 Å². The average Bonchev–Trinajstić information content (AvgIpc) is 1.94. The monoisotopic (exact) mass is 183 g/mol. The van der Waals surface area contributed by atoms with Gasteiger partial charge in [-0.15, -0.1) is 5.10 Å². The first-order chi connectivity index (χ1) is 5.59. The Balaban J connectivity index is 2.86. The van der Waals surface area contributed by atoms with Gasteiger partial charge in [-0.2, -0.15) is 5.10 Å². The molecule has 0 aliphatic carbocycles. The molecule has 0 spiro atoms. The number of nitrogens with zero attached hydrogens (tertiary/aromatic N) is 2. The van der Waals surface area contributed by atoms with Gasteiger partial charge >= 0.3 is 0 Å². The molecule has 1 atom stereocenters. The molecule has 0 aliphatic rings. The largest absolute Gasteiger partial charge is 0.154 e. The molecule has 1 unspecified atom stereocenters. The highest BCUT2D eigenvalue weighted by Crippen LogP contribution is 2.12. The van der Waals surface area contributed by atoms with Crippen LogP contribution in [0.25, 0.3) is 0 Å². The molecule has 3 heteroatoms. The van der Waals surface area contributed by atoms with Crippen molar-refractivity contribution in [3.63, 3.8) is 0 Å². The van der Waals surface area contributed by atoms with Crippen LogP contribution in [0.1, 0.15) is 18.2 Å². The molecule has 0 N–H and O–H groups in total. The van der Waals surface area contributed by atoms with Gasteiger partial charge in [0, 0.05) is 0 Å². The van der Waals surface area contributed by atoms with Crippen molar-refractivity contribution in [1.29, 1.82) is 0 Å². The summed E-state index contributed by atoms with van der Waals surface area (Å²) in [6, 6.07) is 1.83. The van der Waals surface area contributed by atoms with Crippen molar-refractivity contribution in [3.8, 4) is 0 Å². The van der Waals surface area contributed by atoms with Gasteiger partial charge in [0.05, 0.1) is 5.69 Å². The molecule has 0 saturated carbocycles. The summed E-state index contributed by atoms with van der Waals surface area (Å²) >= 11 is 5.66. The van der Waals surface area contributed by atoms with Gasteiger partial charge in [-0.25, -0.2) is 0 Å². The summed E-state index contributed by atoms with van der Waals surface area (Å²) in [5, 5.41) is 8.23. The Morgan fingerprint density at radius 2 is 2.25 bits per heavy atom. The van der Waals surface area contributed by atoms with Gasteiger partial charge in [0.1, 0.15) is 0 Å². The maximum absolute atomic E-state index is 5.66. The highest BCUT2D eigenvalue weighted by Gasteiger charge is 2.04. The van der Waals surface area contributed by atoms with Crippen LogP contribution in [0.4, 0.5) is 0 Å². The summed E-state index contributed by atoms with van der Waals surface area (Å²) < 4.78 is 0. The molecule has 2 nitrogen and oxygen atoms in total. The molecule has 0 aromatic carbocycles. The smallest absolute Gasteiger partial charge is 0.151 e. The van der Waals surface area contributed by atoms with Gasteiger partial charge in [0.15, 0.2) is 5.15 Å². The first-order valence-electron chi connectivity index (χ1n) is 3.91. The van der Waals surface area contributed by atoms with Gasteiger partial charge in [0.25, 0.3) is 0 Å². The van der Waals surface area contributed by atoms with E-state index in [2.05, 4.69) is 24.0 Å². The molecular weight excluding hydrogens is 172 g/mol. The fourth-order valence-corrected chi connectivity index (χ4v) is 1.21. The van der Waals surface area contributed by atoms with Crippen LogP contribution in [0.5, 0.6) is 0 Å². The van der Waals surface area contributed by atoms with Crippen LogP contribution in [0.3, 0.4) is 0 Å². The molecule has 1 radical (unpaired) electrons. The van der Waals surface area contributed by atoms with E-state index >= 15 is 0 Å². The summed E-state index contributed by atoms with van der Waals surface area (Å²) in [7, 11) is 0. The number of aromatic nitrogens is 2. The lowest BCUT2D eigenvalue weighted by molar-refractivity contribution is 0.686. The second kappa shape index (κ2) is 3.85. The topological polar surface area (TPSA) is 25.8 Å². The Hall–Kier alpha value is -0.630. The van der Waals surface area contributed by atoms with Crippen molar-refractivity contribution in [3.05, 3.63) is 29.4 Å². The fraction of sp³-hybridized carbons (Fsp3) is 0.444. The second-order valence-electron chi connectivity index (χ2n) is 3.11. The number of hydrogen-bond donors (Lipinski definition) is 0. The van der Waals surface area contributed by atoms with E-state index in [1.807, 2.05) is 13.0 Å². The van der Waals surface area contributed by atoms with Gasteiger partial charge in [-0.3, -0.25) is 0 Å². The maximum Gasteiger partial charge on any atom is 0.151 e. The molecule has 0 saturated heterocycles. The van der Waals surface area contributed by atoms with Crippen LogP contribution < -0.4 is 0 Å². The number of hydrogen-bond acceptors (Lipinski definition) is 2. The van der Waals surface area contributed by atoms with E-state index < -0.39 is 0 Å². The fourth-order valence-electron chi connectivity index (χ4n) is 1.01. The minimum atomic E-state index is 0.360. The summed E-state index contributed by atoms with van der Waals surface area (Å²) in [4.78, 5) is 0. The third-order valence-electron chi connectivity index (χ3n) is 1.60. The predicted molar refractivity (Wildman–Crippen MR) is 50.0 cm³/mol. The third kappa shape index (κ3) is 2.45. The SMILES string of the molecule is [CH2]C(C)Cc1nnc(Cl)cc1C.